The second-order valence-electron chi connectivity index (χ2n) is 5.77. The van der Waals surface area contributed by atoms with Crippen molar-refractivity contribution in [1.82, 2.24) is 5.32 Å². The third-order valence-electron chi connectivity index (χ3n) is 4.18. The van der Waals surface area contributed by atoms with Crippen LogP contribution in [0.3, 0.4) is 0 Å². The normalized spacial score (nSPS) is 25.8. The summed E-state index contributed by atoms with van der Waals surface area (Å²) < 4.78 is 10.4. The number of anilines is 1. The van der Waals surface area contributed by atoms with Crippen molar-refractivity contribution in [3.63, 3.8) is 0 Å². The van der Waals surface area contributed by atoms with E-state index in [-0.39, 0.29) is 25.7 Å². The number of hydrogen-bond acceptors (Lipinski definition) is 5. The number of alkyl carbamates (subject to hydrolysis) is 1. The third kappa shape index (κ3) is 3.30. The molecule has 2 heterocycles. The fraction of sp³-hybridized carbons (Fsp3) is 0.500. The van der Waals surface area contributed by atoms with Gasteiger partial charge in [-0.2, -0.15) is 0 Å². The van der Waals surface area contributed by atoms with Crippen LogP contribution in [-0.2, 0) is 19.9 Å². The van der Waals surface area contributed by atoms with Gasteiger partial charge in [0.2, 0.25) is 0 Å². The zero-order valence-electron chi connectivity index (χ0n) is 12.7. The second-order valence-corrected chi connectivity index (χ2v) is 5.77. The number of hydrogen-bond donors (Lipinski definition) is 3. The summed E-state index contributed by atoms with van der Waals surface area (Å²) in [5.74, 6) is -0.478. The van der Waals surface area contributed by atoms with E-state index in [1.54, 1.807) is 24.3 Å². The van der Waals surface area contributed by atoms with Gasteiger partial charge in [-0.25, -0.2) is 4.79 Å². The molecule has 124 valence electrons. The first-order valence-corrected chi connectivity index (χ1v) is 7.75. The fourth-order valence-electron chi connectivity index (χ4n) is 2.89. The molecule has 0 radical (unpaired) electrons. The molecule has 0 aliphatic carbocycles. The molecule has 3 rings (SSSR count). The van der Waals surface area contributed by atoms with Crippen molar-refractivity contribution in [2.75, 3.05) is 25.1 Å². The SMILES string of the molecule is O=C(NCCC1(O)C(=O)Nc2ccccc21)OCC1CCCO1. The average Bonchev–Trinajstić information content (AvgIpc) is 3.14. The van der Waals surface area contributed by atoms with Crippen LogP contribution in [0, 0.1) is 0 Å². The summed E-state index contributed by atoms with van der Waals surface area (Å²) in [6.45, 7) is 1.05. The third-order valence-corrected chi connectivity index (χ3v) is 4.18. The molecule has 2 aliphatic rings. The molecular weight excluding hydrogens is 300 g/mol. The van der Waals surface area contributed by atoms with Gasteiger partial charge in [0.05, 0.1) is 6.10 Å². The number of amides is 2. The fourth-order valence-corrected chi connectivity index (χ4v) is 2.89. The van der Waals surface area contributed by atoms with E-state index in [4.69, 9.17) is 9.47 Å². The summed E-state index contributed by atoms with van der Waals surface area (Å²) in [6, 6.07) is 6.97. The lowest BCUT2D eigenvalue weighted by Gasteiger charge is -2.21. The maximum atomic E-state index is 12.0. The van der Waals surface area contributed by atoms with E-state index in [0.717, 1.165) is 12.8 Å². The maximum absolute atomic E-state index is 12.0. The topological polar surface area (TPSA) is 96.9 Å². The first kappa shape index (κ1) is 15.8. The van der Waals surface area contributed by atoms with Gasteiger partial charge in [0.15, 0.2) is 5.60 Å². The molecule has 1 aromatic rings. The van der Waals surface area contributed by atoms with Crippen LogP contribution in [0.4, 0.5) is 10.5 Å². The summed E-state index contributed by atoms with van der Waals surface area (Å²) in [5, 5.41) is 15.8. The summed E-state index contributed by atoms with van der Waals surface area (Å²) in [7, 11) is 0. The van der Waals surface area contributed by atoms with E-state index in [9.17, 15) is 14.7 Å². The Labute approximate surface area is 134 Å². The molecule has 0 aromatic heterocycles. The highest BCUT2D eigenvalue weighted by Gasteiger charge is 2.44. The van der Waals surface area contributed by atoms with E-state index < -0.39 is 17.6 Å². The number of carbonyl (C=O) groups is 2. The van der Waals surface area contributed by atoms with Gasteiger partial charge in [0.1, 0.15) is 6.61 Å². The summed E-state index contributed by atoms with van der Waals surface area (Å²) >= 11 is 0. The van der Waals surface area contributed by atoms with Crippen LogP contribution in [0.15, 0.2) is 24.3 Å². The Kier molecular flexibility index (Phi) is 4.49. The smallest absolute Gasteiger partial charge is 0.407 e. The van der Waals surface area contributed by atoms with Crippen LogP contribution >= 0.6 is 0 Å². The molecule has 2 unspecified atom stereocenters. The quantitative estimate of drug-likeness (QED) is 0.755. The van der Waals surface area contributed by atoms with Crippen molar-refractivity contribution in [1.29, 1.82) is 0 Å². The average molecular weight is 320 g/mol. The van der Waals surface area contributed by atoms with Gasteiger partial charge in [-0.05, 0) is 18.9 Å². The van der Waals surface area contributed by atoms with E-state index in [1.807, 2.05) is 0 Å². The molecule has 3 N–H and O–H groups in total. The number of fused-ring (bicyclic) bond motifs is 1. The zero-order chi connectivity index (χ0) is 16.3. The second kappa shape index (κ2) is 6.55. The van der Waals surface area contributed by atoms with Gasteiger partial charge < -0.3 is 25.2 Å². The number of benzene rings is 1. The standard InChI is InChI=1S/C16H20N2O5/c19-14-16(21,12-5-1-2-6-13(12)18-14)7-8-17-15(20)23-10-11-4-3-9-22-11/h1-2,5-6,11,21H,3-4,7-10H2,(H,17,20)(H,18,19). The lowest BCUT2D eigenvalue weighted by atomic mass is 9.92. The Morgan fingerprint density at radius 3 is 3.09 bits per heavy atom. The largest absolute Gasteiger partial charge is 0.447 e. The number of aliphatic hydroxyl groups is 1. The van der Waals surface area contributed by atoms with E-state index in [1.165, 1.54) is 0 Å². The number of ether oxygens (including phenoxy) is 2. The van der Waals surface area contributed by atoms with Gasteiger partial charge in [-0.3, -0.25) is 4.79 Å². The van der Waals surface area contributed by atoms with Crippen LogP contribution in [0.1, 0.15) is 24.8 Å². The number of carbonyl (C=O) groups excluding carboxylic acids is 2. The Morgan fingerprint density at radius 1 is 1.48 bits per heavy atom. The number of rotatable bonds is 5. The lowest BCUT2D eigenvalue weighted by molar-refractivity contribution is -0.134. The first-order valence-electron chi connectivity index (χ1n) is 7.75. The molecule has 0 bridgehead atoms. The number of para-hydroxylation sites is 1. The van der Waals surface area contributed by atoms with Crippen molar-refractivity contribution in [3.05, 3.63) is 29.8 Å². The maximum Gasteiger partial charge on any atom is 0.407 e. The molecule has 2 amide bonds. The monoisotopic (exact) mass is 320 g/mol. The van der Waals surface area contributed by atoms with Crippen LogP contribution in [-0.4, -0.2) is 43.0 Å². The molecule has 7 nitrogen and oxygen atoms in total. The Morgan fingerprint density at radius 2 is 2.30 bits per heavy atom. The van der Waals surface area contributed by atoms with E-state index in [0.29, 0.717) is 17.9 Å². The highest BCUT2D eigenvalue weighted by molar-refractivity contribution is 6.04. The minimum Gasteiger partial charge on any atom is -0.447 e. The number of nitrogens with one attached hydrogen (secondary N) is 2. The van der Waals surface area contributed by atoms with Crippen molar-refractivity contribution in [2.24, 2.45) is 0 Å². The van der Waals surface area contributed by atoms with E-state index >= 15 is 0 Å². The predicted molar refractivity (Wildman–Crippen MR) is 81.9 cm³/mol. The van der Waals surface area contributed by atoms with Gasteiger partial charge in [0, 0.05) is 30.8 Å². The molecular formula is C16H20N2O5. The van der Waals surface area contributed by atoms with Crippen LogP contribution < -0.4 is 10.6 Å². The van der Waals surface area contributed by atoms with Gasteiger partial charge >= 0.3 is 6.09 Å². The van der Waals surface area contributed by atoms with Crippen molar-refractivity contribution in [2.45, 2.75) is 31.0 Å². The Hall–Kier alpha value is -2.12. The molecule has 1 saturated heterocycles. The molecule has 0 spiro atoms. The van der Waals surface area contributed by atoms with Crippen molar-refractivity contribution in [3.8, 4) is 0 Å². The van der Waals surface area contributed by atoms with E-state index in [2.05, 4.69) is 10.6 Å². The zero-order valence-corrected chi connectivity index (χ0v) is 12.7. The lowest BCUT2D eigenvalue weighted by Crippen LogP contribution is -2.39. The first-order chi connectivity index (χ1) is 11.1. The van der Waals surface area contributed by atoms with Crippen molar-refractivity contribution >= 4 is 17.7 Å². The highest BCUT2D eigenvalue weighted by Crippen LogP contribution is 2.37. The molecule has 2 aliphatic heterocycles. The Bertz CT molecular complexity index is 600. The highest BCUT2D eigenvalue weighted by atomic mass is 16.6. The Balaban J connectivity index is 1.48. The van der Waals surface area contributed by atoms with Gasteiger partial charge in [-0.15, -0.1) is 0 Å². The molecule has 1 fully saturated rings. The summed E-state index contributed by atoms with van der Waals surface area (Å²) in [6.07, 6.45) is 1.35. The van der Waals surface area contributed by atoms with Gasteiger partial charge in [-0.1, -0.05) is 18.2 Å². The van der Waals surface area contributed by atoms with Crippen LogP contribution in [0.2, 0.25) is 0 Å². The minimum atomic E-state index is -1.63. The summed E-state index contributed by atoms with van der Waals surface area (Å²) in [5.41, 5.74) is -0.501. The molecule has 7 heteroatoms. The van der Waals surface area contributed by atoms with Gasteiger partial charge in [0.25, 0.3) is 5.91 Å². The molecule has 23 heavy (non-hydrogen) atoms. The molecule has 2 atom stereocenters. The minimum absolute atomic E-state index is 0.0302. The summed E-state index contributed by atoms with van der Waals surface area (Å²) in [4.78, 5) is 23.6. The molecule has 1 aromatic carbocycles. The van der Waals surface area contributed by atoms with Crippen LogP contribution in [0.25, 0.3) is 0 Å². The van der Waals surface area contributed by atoms with Crippen LogP contribution in [0.5, 0.6) is 0 Å². The molecule has 0 saturated carbocycles. The van der Waals surface area contributed by atoms with Crippen molar-refractivity contribution < 1.29 is 24.2 Å². The predicted octanol–water partition coefficient (Wildman–Crippen LogP) is 1.12.